The van der Waals surface area contributed by atoms with Gasteiger partial charge in [-0.2, -0.15) is 0 Å². The predicted molar refractivity (Wildman–Crippen MR) is 71.1 cm³/mol. The predicted octanol–water partition coefficient (Wildman–Crippen LogP) is 1.61. The molecule has 1 saturated heterocycles. The van der Waals surface area contributed by atoms with Crippen molar-refractivity contribution in [1.82, 2.24) is 10.2 Å². The highest BCUT2D eigenvalue weighted by Crippen LogP contribution is 2.28. The van der Waals surface area contributed by atoms with Gasteiger partial charge in [0.25, 0.3) is 0 Å². The molecule has 0 radical (unpaired) electrons. The molecule has 1 aliphatic heterocycles. The quantitative estimate of drug-likeness (QED) is 0.766. The Balaban J connectivity index is 1.70. The first-order valence-corrected chi connectivity index (χ1v) is 7.41. The Morgan fingerprint density at radius 3 is 2.59 bits per heavy atom. The zero-order valence-corrected chi connectivity index (χ0v) is 11.2. The molecule has 1 heterocycles. The fourth-order valence-corrected chi connectivity index (χ4v) is 3.55. The number of nitrogens with zero attached hydrogens (tertiary/aromatic N) is 1. The van der Waals surface area contributed by atoms with Crippen molar-refractivity contribution in [2.24, 2.45) is 5.92 Å². The maximum Gasteiger partial charge on any atom is 0.0434 e. The second-order valence-corrected chi connectivity index (χ2v) is 5.73. The van der Waals surface area contributed by atoms with Gasteiger partial charge < -0.3 is 15.3 Å². The van der Waals surface area contributed by atoms with E-state index in [-0.39, 0.29) is 0 Å². The van der Waals surface area contributed by atoms with Gasteiger partial charge in [0.2, 0.25) is 0 Å². The van der Waals surface area contributed by atoms with E-state index in [9.17, 15) is 0 Å². The van der Waals surface area contributed by atoms with Crippen LogP contribution in [0.3, 0.4) is 0 Å². The smallest absolute Gasteiger partial charge is 0.0434 e. The minimum atomic E-state index is 0.367. The van der Waals surface area contributed by atoms with Gasteiger partial charge in [-0.1, -0.05) is 6.92 Å². The van der Waals surface area contributed by atoms with Gasteiger partial charge in [-0.25, -0.2) is 0 Å². The summed E-state index contributed by atoms with van der Waals surface area (Å²) in [6, 6.07) is 1.60. The van der Waals surface area contributed by atoms with Gasteiger partial charge >= 0.3 is 0 Å². The molecule has 2 aliphatic rings. The average molecular weight is 240 g/mol. The first-order chi connectivity index (χ1) is 8.33. The highest BCUT2D eigenvalue weighted by atomic mass is 16.3. The maximum atomic E-state index is 8.99. The highest BCUT2D eigenvalue weighted by molar-refractivity contribution is 4.86. The normalized spacial score (nSPS) is 35.3. The summed E-state index contributed by atoms with van der Waals surface area (Å²) < 4.78 is 0. The van der Waals surface area contributed by atoms with E-state index in [4.69, 9.17) is 5.11 Å². The molecule has 0 bridgehead atoms. The van der Waals surface area contributed by atoms with Crippen LogP contribution in [-0.2, 0) is 0 Å². The van der Waals surface area contributed by atoms with Crippen molar-refractivity contribution in [2.75, 3.05) is 26.2 Å². The van der Waals surface area contributed by atoms with Gasteiger partial charge in [0.05, 0.1) is 0 Å². The van der Waals surface area contributed by atoms with Crippen molar-refractivity contribution >= 4 is 0 Å². The van der Waals surface area contributed by atoms with E-state index < -0.39 is 0 Å². The van der Waals surface area contributed by atoms with Gasteiger partial charge in [0.15, 0.2) is 0 Å². The molecule has 0 aromatic carbocycles. The standard InChI is InChI=1S/C14H28N2O/c1-2-15-13-3-5-14(6-4-13)16-9-7-12(11-16)8-10-17/h12-15,17H,2-11H2,1H3. The van der Waals surface area contributed by atoms with Crippen LogP contribution in [-0.4, -0.2) is 48.3 Å². The lowest BCUT2D eigenvalue weighted by Crippen LogP contribution is -2.41. The average Bonchev–Trinajstić information content (AvgIpc) is 2.80. The molecule has 1 aliphatic carbocycles. The highest BCUT2D eigenvalue weighted by Gasteiger charge is 2.30. The first-order valence-electron chi connectivity index (χ1n) is 7.41. The van der Waals surface area contributed by atoms with Gasteiger partial charge in [0, 0.05) is 25.2 Å². The Morgan fingerprint density at radius 1 is 1.18 bits per heavy atom. The van der Waals surface area contributed by atoms with Crippen LogP contribution in [0.15, 0.2) is 0 Å². The summed E-state index contributed by atoms with van der Waals surface area (Å²) in [6.07, 6.45) is 7.73. The van der Waals surface area contributed by atoms with Crippen molar-refractivity contribution < 1.29 is 5.11 Å². The first kappa shape index (κ1) is 13.3. The van der Waals surface area contributed by atoms with Crippen molar-refractivity contribution in [3.05, 3.63) is 0 Å². The number of rotatable bonds is 5. The Kier molecular flexibility index (Phi) is 5.26. The zero-order chi connectivity index (χ0) is 12.1. The number of aliphatic hydroxyl groups excluding tert-OH is 1. The zero-order valence-electron chi connectivity index (χ0n) is 11.2. The number of likely N-dealkylation sites (tertiary alicyclic amines) is 1. The lowest BCUT2D eigenvalue weighted by atomic mass is 9.90. The molecule has 3 heteroatoms. The summed E-state index contributed by atoms with van der Waals surface area (Å²) in [5.41, 5.74) is 0. The van der Waals surface area contributed by atoms with Crippen molar-refractivity contribution in [1.29, 1.82) is 0 Å². The summed E-state index contributed by atoms with van der Waals surface area (Å²) >= 11 is 0. The molecule has 2 N–H and O–H groups in total. The molecule has 0 spiro atoms. The summed E-state index contributed by atoms with van der Waals surface area (Å²) in [7, 11) is 0. The van der Waals surface area contributed by atoms with E-state index in [2.05, 4.69) is 17.1 Å². The minimum Gasteiger partial charge on any atom is -0.396 e. The van der Waals surface area contributed by atoms with E-state index in [1.807, 2.05) is 0 Å². The second-order valence-electron chi connectivity index (χ2n) is 5.73. The number of nitrogens with one attached hydrogen (secondary N) is 1. The molecular formula is C14H28N2O. The Morgan fingerprint density at radius 2 is 1.94 bits per heavy atom. The largest absolute Gasteiger partial charge is 0.396 e. The lowest BCUT2D eigenvalue weighted by Gasteiger charge is -2.35. The van der Waals surface area contributed by atoms with Gasteiger partial charge in [-0.15, -0.1) is 0 Å². The molecule has 0 aromatic heterocycles. The monoisotopic (exact) mass is 240 g/mol. The van der Waals surface area contributed by atoms with Crippen LogP contribution in [0.4, 0.5) is 0 Å². The molecule has 0 amide bonds. The molecule has 2 fully saturated rings. The van der Waals surface area contributed by atoms with Crippen LogP contribution in [0.1, 0.15) is 45.4 Å². The Hall–Kier alpha value is -0.120. The van der Waals surface area contributed by atoms with Crippen molar-refractivity contribution in [3.8, 4) is 0 Å². The van der Waals surface area contributed by atoms with Gasteiger partial charge in [-0.3, -0.25) is 0 Å². The molecule has 17 heavy (non-hydrogen) atoms. The molecule has 1 saturated carbocycles. The number of hydrogen-bond donors (Lipinski definition) is 2. The van der Waals surface area contributed by atoms with E-state index in [1.54, 1.807) is 0 Å². The molecule has 2 rings (SSSR count). The summed E-state index contributed by atoms with van der Waals surface area (Å²) in [5, 5.41) is 12.6. The fraction of sp³-hybridized carbons (Fsp3) is 1.00. The third-order valence-corrected chi connectivity index (χ3v) is 4.56. The Labute approximate surface area is 106 Å². The van der Waals surface area contributed by atoms with E-state index >= 15 is 0 Å². The van der Waals surface area contributed by atoms with Crippen LogP contribution in [0.2, 0.25) is 0 Å². The van der Waals surface area contributed by atoms with Crippen LogP contribution in [0.25, 0.3) is 0 Å². The Bertz CT molecular complexity index is 214. The van der Waals surface area contributed by atoms with E-state index in [0.717, 1.165) is 31.0 Å². The third-order valence-electron chi connectivity index (χ3n) is 4.56. The third kappa shape index (κ3) is 3.67. The van der Waals surface area contributed by atoms with Gasteiger partial charge in [-0.05, 0) is 57.5 Å². The summed E-state index contributed by atoms with van der Waals surface area (Å²) in [5.74, 6) is 0.756. The molecule has 100 valence electrons. The minimum absolute atomic E-state index is 0.367. The topological polar surface area (TPSA) is 35.5 Å². The van der Waals surface area contributed by atoms with Crippen molar-refractivity contribution in [2.45, 2.75) is 57.5 Å². The molecular weight excluding hydrogens is 212 g/mol. The number of aliphatic hydroxyl groups is 1. The molecule has 1 unspecified atom stereocenters. The summed E-state index contributed by atoms with van der Waals surface area (Å²) in [6.45, 7) is 6.17. The maximum absolute atomic E-state index is 8.99. The SMILES string of the molecule is CCNC1CCC(N2CCC(CCO)C2)CC1. The summed E-state index contributed by atoms with van der Waals surface area (Å²) in [4.78, 5) is 2.68. The van der Waals surface area contributed by atoms with E-state index in [1.165, 1.54) is 45.2 Å². The fourth-order valence-electron chi connectivity index (χ4n) is 3.55. The van der Waals surface area contributed by atoms with Crippen LogP contribution in [0, 0.1) is 5.92 Å². The second kappa shape index (κ2) is 6.72. The van der Waals surface area contributed by atoms with E-state index in [0.29, 0.717) is 6.61 Å². The molecule has 0 aromatic rings. The number of hydrogen-bond acceptors (Lipinski definition) is 3. The van der Waals surface area contributed by atoms with Crippen LogP contribution < -0.4 is 5.32 Å². The van der Waals surface area contributed by atoms with Gasteiger partial charge in [0.1, 0.15) is 0 Å². The molecule has 3 nitrogen and oxygen atoms in total. The van der Waals surface area contributed by atoms with Crippen molar-refractivity contribution in [3.63, 3.8) is 0 Å². The molecule has 1 atom stereocenters. The van der Waals surface area contributed by atoms with Crippen LogP contribution in [0.5, 0.6) is 0 Å². The lowest BCUT2D eigenvalue weighted by molar-refractivity contribution is 0.165. The van der Waals surface area contributed by atoms with Crippen LogP contribution >= 0.6 is 0 Å².